The zero-order valence-corrected chi connectivity index (χ0v) is 11.9. The number of hydrogen-bond acceptors (Lipinski definition) is 3. The summed E-state index contributed by atoms with van der Waals surface area (Å²) in [7, 11) is 1.70. The van der Waals surface area contributed by atoms with Gasteiger partial charge in [0.15, 0.2) is 0 Å². The lowest BCUT2D eigenvalue weighted by Gasteiger charge is -2.28. The number of carbonyl (C=O) groups is 1. The summed E-state index contributed by atoms with van der Waals surface area (Å²) in [5.41, 5.74) is 5.65. The van der Waals surface area contributed by atoms with Gasteiger partial charge in [-0.15, -0.1) is 0 Å². The lowest BCUT2D eigenvalue weighted by molar-refractivity contribution is -0.118. The number of benzene rings is 1. The molecule has 0 spiro atoms. The molecule has 1 amide bonds. The Morgan fingerprint density at radius 2 is 2.19 bits per heavy atom. The van der Waals surface area contributed by atoms with Gasteiger partial charge in [-0.2, -0.15) is 0 Å². The van der Waals surface area contributed by atoms with Gasteiger partial charge in [0.25, 0.3) is 0 Å². The van der Waals surface area contributed by atoms with Crippen molar-refractivity contribution in [2.24, 2.45) is 0 Å². The van der Waals surface area contributed by atoms with Crippen LogP contribution >= 0.6 is 0 Å². The van der Waals surface area contributed by atoms with Crippen molar-refractivity contribution in [1.82, 2.24) is 4.98 Å². The Bertz CT molecular complexity index is 725. The van der Waals surface area contributed by atoms with Gasteiger partial charge in [0.1, 0.15) is 5.75 Å². The molecule has 1 aromatic carbocycles. The fraction of sp³-hybridized carbons (Fsp3) is 0.294. The Morgan fingerprint density at radius 3 is 2.95 bits per heavy atom. The number of methoxy groups -OCH3 is 1. The maximum atomic E-state index is 12.1. The summed E-state index contributed by atoms with van der Waals surface area (Å²) >= 11 is 0. The highest BCUT2D eigenvalue weighted by atomic mass is 16.5. The first kappa shape index (κ1) is 12.4. The molecule has 2 aromatic rings. The van der Waals surface area contributed by atoms with E-state index in [2.05, 4.69) is 11.1 Å². The van der Waals surface area contributed by atoms with E-state index in [1.54, 1.807) is 13.3 Å². The predicted molar refractivity (Wildman–Crippen MR) is 80.6 cm³/mol. The van der Waals surface area contributed by atoms with Crippen LogP contribution in [-0.2, 0) is 17.6 Å². The van der Waals surface area contributed by atoms with Gasteiger partial charge in [-0.3, -0.25) is 9.78 Å². The first-order chi connectivity index (χ1) is 10.3. The highest BCUT2D eigenvalue weighted by Gasteiger charge is 2.34. The minimum Gasteiger partial charge on any atom is -0.496 e. The van der Waals surface area contributed by atoms with Crippen LogP contribution in [0.4, 0.5) is 5.69 Å². The second-order valence-electron chi connectivity index (χ2n) is 5.48. The van der Waals surface area contributed by atoms with Gasteiger partial charge in [0, 0.05) is 42.0 Å². The number of aromatic nitrogens is 1. The summed E-state index contributed by atoms with van der Waals surface area (Å²) in [6, 6.07) is 6.14. The average molecular weight is 280 g/mol. The third kappa shape index (κ3) is 1.75. The first-order valence-electron chi connectivity index (χ1n) is 7.23. The Balaban J connectivity index is 1.98. The Kier molecular flexibility index (Phi) is 2.70. The topological polar surface area (TPSA) is 42.4 Å². The third-order valence-corrected chi connectivity index (χ3v) is 4.37. The second-order valence-corrected chi connectivity index (χ2v) is 5.48. The van der Waals surface area contributed by atoms with Crippen molar-refractivity contribution < 1.29 is 9.53 Å². The van der Waals surface area contributed by atoms with Crippen molar-refractivity contribution >= 4 is 11.6 Å². The normalized spacial score (nSPS) is 16.0. The molecule has 0 aliphatic carbocycles. The van der Waals surface area contributed by atoms with Gasteiger partial charge in [-0.1, -0.05) is 6.07 Å². The zero-order valence-electron chi connectivity index (χ0n) is 11.9. The lowest BCUT2D eigenvalue weighted by Crippen LogP contribution is -2.33. The molecule has 0 N–H and O–H groups in total. The number of ether oxygens (including phenoxy) is 1. The van der Waals surface area contributed by atoms with Crippen LogP contribution in [0.5, 0.6) is 5.75 Å². The van der Waals surface area contributed by atoms with E-state index in [4.69, 9.17) is 4.74 Å². The monoisotopic (exact) mass is 280 g/mol. The Hall–Kier alpha value is -2.36. The maximum Gasteiger partial charge on any atom is 0.227 e. The van der Waals surface area contributed by atoms with Crippen LogP contribution in [-0.4, -0.2) is 24.5 Å². The van der Waals surface area contributed by atoms with E-state index in [0.717, 1.165) is 42.0 Å². The molecule has 21 heavy (non-hydrogen) atoms. The van der Waals surface area contributed by atoms with Crippen LogP contribution < -0.4 is 9.64 Å². The smallest absolute Gasteiger partial charge is 0.227 e. The molecule has 106 valence electrons. The quantitative estimate of drug-likeness (QED) is 0.849. The van der Waals surface area contributed by atoms with Crippen LogP contribution in [0.3, 0.4) is 0 Å². The molecule has 4 rings (SSSR count). The Morgan fingerprint density at radius 1 is 1.29 bits per heavy atom. The van der Waals surface area contributed by atoms with Gasteiger partial charge >= 0.3 is 0 Å². The summed E-state index contributed by atoms with van der Waals surface area (Å²) in [4.78, 5) is 18.2. The summed E-state index contributed by atoms with van der Waals surface area (Å²) in [6.07, 6.45) is 5.88. The van der Waals surface area contributed by atoms with Crippen LogP contribution in [0.2, 0.25) is 0 Å². The highest BCUT2D eigenvalue weighted by Crippen LogP contribution is 2.46. The zero-order chi connectivity index (χ0) is 14.4. The van der Waals surface area contributed by atoms with Gasteiger partial charge in [-0.25, -0.2) is 0 Å². The highest BCUT2D eigenvalue weighted by molar-refractivity contribution is 6.00. The molecule has 1 aromatic heterocycles. The van der Waals surface area contributed by atoms with Gasteiger partial charge in [0.05, 0.1) is 12.8 Å². The van der Waals surface area contributed by atoms with Crippen molar-refractivity contribution in [1.29, 1.82) is 0 Å². The summed E-state index contributed by atoms with van der Waals surface area (Å²) in [5, 5.41) is 0. The molecule has 0 atom stereocenters. The third-order valence-electron chi connectivity index (χ3n) is 4.37. The number of pyridine rings is 1. The van der Waals surface area contributed by atoms with Gasteiger partial charge < -0.3 is 9.64 Å². The van der Waals surface area contributed by atoms with Crippen molar-refractivity contribution in [2.45, 2.75) is 19.3 Å². The van der Waals surface area contributed by atoms with E-state index >= 15 is 0 Å². The van der Waals surface area contributed by atoms with Crippen LogP contribution in [0, 0.1) is 0 Å². The SMILES string of the molecule is COc1c(-c2cccnc2)cc2c3c1CCC(=O)N3CC2. The van der Waals surface area contributed by atoms with E-state index in [1.165, 1.54) is 11.1 Å². The summed E-state index contributed by atoms with van der Waals surface area (Å²) in [5.74, 6) is 1.12. The molecule has 0 unspecified atom stereocenters. The van der Waals surface area contributed by atoms with Crippen molar-refractivity contribution in [3.63, 3.8) is 0 Å². The molecular weight excluding hydrogens is 264 g/mol. The number of amides is 1. The summed E-state index contributed by atoms with van der Waals surface area (Å²) in [6.45, 7) is 0.792. The fourth-order valence-corrected chi connectivity index (χ4v) is 3.46. The van der Waals surface area contributed by atoms with E-state index in [1.807, 2.05) is 23.2 Å². The largest absolute Gasteiger partial charge is 0.496 e. The lowest BCUT2D eigenvalue weighted by atomic mass is 9.92. The minimum atomic E-state index is 0.234. The van der Waals surface area contributed by atoms with E-state index in [0.29, 0.717) is 6.42 Å². The summed E-state index contributed by atoms with van der Waals surface area (Å²) < 4.78 is 5.70. The molecule has 4 nitrogen and oxygen atoms in total. The number of rotatable bonds is 2. The first-order valence-corrected chi connectivity index (χ1v) is 7.23. The van der Waals surface area contributed by atoms with Crippen molar-refractivity contribution in [3.8, 4) is 16.9 Å². The van der Waals surface area contributed by atoms with Gasteiger partial charge in [0.2, 0.25) is 5.91 Å². The van der Waals surface area contributed by atoms with Crippen LogP contribution in [0.15, 0.2) is 30.6 Å². The Labute approximate surface area is 123 Å². The average Bonchev–Trinajstić information content (AvgIpc) is 2.96. The molecule has 0 bridgehead atoms. The van der Waals surface area contributed by atoms with Crippen LogP contribution in [0.1, 0.15) is 17.5 Å². The standard InChI is InChI=1S/C17H16N2O2/c1-21-17-13-4-5-15(20)19-8-6-11(16(13)19)9-14(17)12-3-2-7-18-10-12/h2-3,7,9-10H,4-6,8H2,1H3. The number of anilines is 1. The van der Waals surface area contributed by atoms with E-state index in [9.17, 15) is 4.79 Å². The van der Waals surface area contributed by atoms with E-state index in [-0.39, 0.29) is 5.91 Å². The molecule has 0 radical (unpaired) electrons. The maximum absolute atomic E-state index is 12.1. The number of carbonyl (C=O) groups excluding carboxylic acids is 1. The van der Waals surface area contributed by atoms with E-state index < -0.39 is 0 Å². The van der Waals surface area contributed by atoms with Crippen LogP contribution in [0.25, 0.3) is 11.1 Å². The second kappa shape index (κ2) is 4.58. The predicted octanol–water partition coefficient (Wildman–Crippen LogP) is 2.59. The fourth-order valence-electron chi connectivity index (χ4n) is 3.46. The van der Waals surface area contributed by atoms with Crippen molar-refractivity contribution in [2.75, 3.05) is 18.6 Å². The molecule has 2 aliphatic rings. The molecule has 2 aliphatic heterocycles. The number of nitrogens with zero attached hydrogens (tertiary/aromatic N) is 2. The molecule has 0 fully saturated rings. The van der Waals surface area contributed by atoms with Gasteiger partial charge in [-0.05, 0) is 30.5 Å². The molecular formula is C17H16N2O2. The molecule has 4 heteroatoms. The molecule has 3 heterocycles. The molecule has 0 saturated carbocycles. The minimum absolute atomic E-state index is 0.234. The number of hydrogen-bond donors (Lipinski definition) is 0. The molecule has 0 saturated heterocycles. The van der Waals surface area contributed by atoms with Crippen molar-refractivity contribution in [3.05, 3.63) is 41.7 Å².